The molecular weight excluding hydrogens is 292 g/mol. The molecule has 0 aliphatic heterocycles. The molecule has 2 unspecified atom stereocenters. The van der Waals surface area contributed by atoms with Crippen LogP contribution in [0.25, 0.3) is 0 Å². The smallest absolute Gasteiger partial charge is 0.261 e. The van der Waals surface area contributed by atoms with Gasteiger partial charge in [0.1, 0.15) is 0 Å². The SMILES string of the molecule is Cl.NCC1CCCC1NC(=O)c1cc2c(s1)CCCC2. The lowest BCUT2D eigenvalue weighted by Crippen LogP contribution is -2.39. The molecule has 0 radical (unpaired) electrons. The van der Waals surface area contributed by atoms with E-state index in [9.17, 15) is 4.79 Å². The van der Waals surface area contributed by atoms with Gasteiger partial charge in [0.2, 0.25) is 0 Å². The van der Waals surface area contributed by atoms with Crippen LogP contribution in [0.15, 0.2) is 6.07 Å². The highest BCUT2D eigenvalue weighted by molar-refractivity contribution is 7.14. The molecule has 2 aliphatic rings. The van der Waals surface area contributed by atoms with Gasteiger partial charge in [-0.1, -0.05) is 6.42 Å². The number of nitrogens with two attached hydrogens (primary N) is 1. The summed E-state index contributed by atoms with van der Waals surface area (Å²) in [4.78, 5) is 14.7. The Labute approximate surface area is 130 Å². The summed E-state index contributed by atoms with van der Waals surface area (Å²) in [5, 5.41) is 3.20. The van der Waals surface area contributed by atoms with Gasteiger partial charge >= 0.3 is 0 Å². The van der Waals surface area contributed by atoms with Gasteiger partial charge in [-0.15, -0.1) is 23.7 Å². The van der Waals surface area contributed by atoms with Crippen LogP contribution in [0.5, 0.6) is 0 Å². The minimum atomic E-state index is 0. The second kappa shape index (κ2) is 6.92. The summed E-state index contributed by atoms with van der Waals surface area (Å²) in [6.45, 7) is 0.686. The van der Waals surface area contributed by atoms with Crippen molar-refractivity contribution in [3.05, 3.63) is 21.4 Å². The number of halogens is 1. The average molecular weight is 315 g/mol. The average Bonchev–Trinajstić information content (AvgIpc) is 3.03. The summed E-state index contributed by atoms with van der Waals surface area (Å²) in [5.74, 6) is 0.586. The Morgan fingerprint density at radius 2 is 2.10 bits per heavy atom. The molecule has 1 aromatic rings. The first-order valence-corrected chi connectivity index (χ1v) is 8.22. The molecule has 5 heteroatoms. The van der Waals surface area contributed by atoms with E-state index in [4.69, 9.17) is 5.73 Å². The number of carbonyl (C=O) groups excluding carboxylic acids is 1. The fraction of sp³-hybridized carbons (Fsp3) is 0.667. The van der Waals surface area contributed by atoms with E-state index in [0.717, 1.165) is 30.6 Å². The van der Waals surface area contributed by atoms with Crippen molar-refractivity contribution in [3.63, 3.8) is 0 Å². The number of aryl methyl sites for hydroxylation is 2. The molecule has 1 aromatic heterocycles. The van der Waals surface area contributed by atoms with Gasteiger partial charge in [-0.2, -0.15) is 0 Å². The normalized spacial score (nSPS) is 24.9. The lowest BCUT2D eigenvalue weighted by atomic mass is 9.99. The van der Waals surface area contributed by atoms with E-state index in [-0.39, 0.29) is 24.4 Å². The summed E-state index contributed by atoms with van der Waals surface area (Å²) in [6.07, 6.45) is 8.26. The monoisotopic (exact) mass is 314 g/mol. The number of hydrogen-bond acceptors (Lipinski definition) is 3. The van der Waals surface area contributed by atoms with Gasteiger partial charge in [0, 0.05) is 10.9 Å². The Morgan fingerprint density at radius 3 is 2.85 bits per heavy atom. The van der Waals surface area contributed by atoms with Crippen molar-refractivity contribution in [1.29, 1.82) is 0 Å². The van der Waals surface area contributed by atoms with Crippen LogP contribution in [0.2, 0.25) is 0 Å². The standard InChI is InChI=1S/C15H22N2OS.ClH/c16-9-11-5-3-6-12(11)17-15(18)14-8-10-4-1-2-7-13(10)19-14;/h8,11-12H,1-7,9,16H2,(H,17,18);1H. The van der Waals surface area contributed by atoms with Gasteiger partial charge in [-0.25, -0.2) is 0 Å². The molecule has 3 N–H and O–H groups in total. The molecule has 1 amide bonds. The van der Waals surface area contributed by atoms with E-state index < -0.39 is 0 Å². The molecule has 0 bridgehead atoms. The van der Waals surface area contributed by atoms with E-state index in [1.54, 1.807) is 11.3 Å². The molecule has 112 valence electrons. The first-order valence-electron chi connectivity index (χ1n) is 7.40. The number of carbonyl (C=O) groups is 1. The highest BCUT2D eigenvalue weighted by Crippen LogP contribution is 2.30. The number of fused-ring (bicyclic) bond motifs is 1. The molecule has 2 atom stereocenters. The quantitative estimate of drug-likeness (QED) is 0.901. The predicted octanol–water partition coefficient (Wildman–Crippen LogP) is 2.91. The maximum absolute atomic E-state index is 12.3. The van der Waals surface area contributed by atoms with Crippen LogP contribution in [0, 0.1) is 5.92 Å². The van der Waals surface area contributed by atoms with Gasteiger partial charge < -0.3 is 11.1 Å². The second-order valence-electron chi connectivity index (χ2n) is 5.77. The van der Waals surface area contributed by atoms with Gasteiger partial charge in [-0.05, 0) is 62.6 Å². The zero-order valence-corrected chi connectivity index (χ0v) is 13.3. The van der Waals surface area contributed by atoms with E-state index in [2.05, 4.69) is 11.4 Å². The predicted molar refractivity (Wildman–Crippen MR) is 85.9 cm³/mol. The van der Waals surface area contributed by atoms with Gasteiger partial charge in [-0.3, -0.25) is 4.79 Å². The van der Waals surface area contributed by atoms with E-state index in [0.29, 0.717) is 12.5 Å². The molecule has 1 fully saturated rings. The summed E-state index contributed by atoms with van der Waals surface area (Å²) in [5.41, 5.74) is 7.18. The molecule has 0 aromatic carbocycles. The minimum absolute atomic E-state index is 0. The zero-order chi connectivity index (χ0) is 13.2. The largest absolute Gasteiger partial charge is 0.348 e. The van der Waals surface area contributed by atoms with Crippen molar-refractivity contribution in [2.24, 2.45) is 11.7 Å². The van der Waals surface area contributed by atoms with Crippen LogP contribution in [-0.2, 0) is 12.8 Å². The van der Waals surface area contributed by atoms with Crippen molar-refractivity contribution in [3.8, 4) is 0 Å². The highest BCUT2D eigenvalue weighted by atomic mass is 35.5. The first-order chi connectivity index (χ1) is 9.28. The zero-order valence-electron chi connectivity index (χ0n) is 11.7. The van der Waals surface area contributed by atoms with Crippen LogP contribution >= 0.6 is 23.7 Å². The van der Waals surface area contributed by atoms with Crippen molar-refractivity contribution >= 4 is 29.7 Å². The molecule has 20 heavy (non-hydrogen) atoms. The van der Waals surface area contributed by atoms with Gasteiger partial charge in [0.15, 0.2) is 0 Å². The molecular formula is C15H23ClN2OS. The van der Waals surface area contributed by atoms with Gasteiger partial charge in [0.05, 0.1) is 4.88 Å². The molecule has 0 spiro atoms. The van der Waals surface area contributed by atoms with Crippen LogP contribution < -0.4 is 11.1 Å². The number of thiophene rings is 1. The Bertz CT molecular complexity index is 451. The Balaban J connectivity index is 0.00000147. The lowest BCUT2D eigenvalue weighted by Gasteiger charge is -2.18. The fourth-order valence-corrected chi connectivity index (χ4v) is 4.51. The summed E-state index contributed by atoms with van der Waals surface area (Å²) < 4.78 is 0. The summed E-state index contributed by atoms with van der Waals surface area (Å²) >= 11 is 1.69. The number of amides is 1. The molecule has 3 rings (SSSR count). The Kier molecular flexibility index (Phi) is 5.47. The molecule has 1 saturated carbocycles. The Morgan fingerprint density at radius 1 is 1.30 bits per heavy atom. The lowest BCUT2D eigenvalue weighted by molar-refractivity contribution is 0.0933. The number of rotatable bonds is 3. The molecule has 2 aliphatic carbocycles. The van der Waals surface area contributed by atoms with Crippen LogP contribution in [0.4, 0.5) is 0 Å². The van der Waals surface area contributed by atoms with E-state index >= 15 is 0 Å². The number of hydrogen-bond donors (Lipinski definition) is 2. The van der Waals surface area contributed by atoms with Gasteiger partial charge in [0.25, 0.3) is 5.91 Å². The van der Waals surface area contributed by atoms with E-state index in [1.807, 2.05) is 0 Å². The third kappa shape index (κ3) is 3.18. The molecule has 3 nitrogen and oxygen atoms in total. The topological polar surface area (TPSA) is 55.1 Å². The molecule has 1 heterocycles. The third-order valence-corrected chi connectivity index (χ3v) is 5.73. The maximum Gasteiger partial charge on any atom is 0.261 e. The maximum atomic E-state index is 12.3. The summed E-state index contributed by atoms with van der Waals surface area (Å²) in [7, 11) is 0. The van der Waals surface area contributed by atoms with Crippen molar-refractivity contribution in [1.82, 2.24) is 5.32 Å². The van der Waals surface area contributed by atoms with Crippen molar-refractivity contribution in [2.75, 3.05) is 6.54 Å². The summed E-state index contributed by atoms with van der Waals surface area (Å²) in [6, 6.07) is 2.40. The van der Waals surface area contributed by atoms with Crippen molar-refractivity contribution < 1.29 is 4.79 Å². The minimum Gasteiger partial charge on any atom is -0.348 e. The third-order valence-electron chi connectivity index (χ3n) is 4.50. The number of nitrogens with one attached hydrogen (secondary N) is 1. The van der Waals surface area contributed by atoms with Crippen molar-refractivity contribution in [2.45, 2.75) is 51.0 Å². The van der Waals surface area contributed by atoms with E-state index in [1.165, 1.54) is 29.7 Å². The second-order valence-corrected chi connectivity index (χ2v) is 6.91. The van der Waals surface area contributed by atoms with Crippen LogP contribution in [-0.4, -0.2) is 18.5 Å². The fourth-order valence-electron chi connectivity index (χ4n) is 3.35. The van der Waals surface area contributed by atoms with Crippen LogP contribution in [0.3, 0.4) is 0 Å². The first kappa shape index (κ1) is 15.8. The van der Waals surface area contributed by atoms with Crippen LogP contribution in [0.1, 0.15) is 52.2 Å². The highest BCUT2D eigenvalue weighted by Gasteiger charge is 2.28. The molecule has 0 saturated heterocycles. The Hall–Kier alpha value is -0.580.